The molecule has 0 amide bonds. The zero-order valence-electron chi connectivity index (χ0n) is 20.6. The van der Waals surface area contributed by atoms with Gasteiger partial charge in [0.15, 0.2) is 0 Å². The van der Waals surface area contributed by atoms with Crippen LogP contribution in [0.3, 0.4) is 0 Å². The van der Waals surface area contributed by atoms with E-state index in [1.54, 1.807) is 24.7 Å². The van der Waals surface area contributed by atoms with Crippen LogP contribution in [0.25, 0.3) is 55.4 Å². The van der Waals surface area contributed by atoms with Crippen molar-refractivity contribution in [3.05, 3.63) is 90.3 Å². The number of halogens is 1. The van der Waals surface area contributed by atoms with Gasteiger partial charge in [-0.15, -0.1) is 0 Å². The first kappa shape index (κ1) is 24.0. The summed E-state index contributed by atoms with van der Waals surface area (Å²) in [7, 11) is -3.41. The van der Waals surface area contributed by atoms with Crippen molar-refractivity contribution < 1.29 is 12.8 Å². The molecule has 0 spiro atoms. The molecule has 0 fully saturated rings. The molecule has 3 N–H and O–H groups in total. The van der Waals surface area contributed by atoms with Gasteiger partial charge in [-0.25, -0.2) is 17.5 Å². The Bertz CT molecular complexity index is 1940. The summed E-state index contributed by atoms with van der Waals surface area (Å²) in [5.74, 6) is -0.461. The Kier molecular flexibility index (Phi) is 5.77. The van der Waals surface area contributed by atoms with Gasteiger partial charge < -0.3 is 4.98 Å². The van der Waals surface area contributed by atoms with Gasteiger partial charge in [-0.3, -0.25) is 15.1 Å². The molecule has 0 aliphatic rings. The maximum absolute atomic E-state index is 14.5. The van der Waals surface area contributed by atoms with Crippen molar-refractivity contribution in [2.45, 2.75) is 13.5 Å². The Morgan fingerprint density at radius 2 is 1.74 bits per heavy atom. The van der Waals surface area contributed by atoms with E-state index in [4.69, 9.17) is 0 Å². The highest BCUT2D eigenvalue weighted by molar-refractivity contribution is 7.88. The monoisotopic (exact) mass is 526 g/mol. The number of rotatable bonds is 6. The van der Waals surface area contributed by atoms with Crippen LogP contribution in [0.4, 0.5) is 4.39 Å². The highest BCUT2D eigenvalue weighted by atomic mass is 32.2. The molecule has 190 valence electrons. The Morgan fingerprint density at radius 3 is 2.55 bits per heavy atom. The molecular weight excluding hydrogens is 503 g/mol. The Hall–Kier alpha value is -4.41. The van der Waals surface area contributed by atoms with Crippen molar-refractivity contribution in [3.8, 4) is 33.6 Å². The lowest BCUT2D eigenvalue weighted by molar-refractivity contribution is 0.586. The summed E-state index contributed by atoms with van der Waals surface area (Å²) in [6, 6.07) is 14.6. The topological polar surface area (TPSA) is 116 Å². The minimum absolute atomic E-state index is 0.0105. The van der Waals surface area contributed by atoms with Crippen molar-refractivity contribution in [2.24, 2.45) is 0 Å². The molecule has 0 bridgehead atoms. The fraction of sp³-hybridized carbons (Fsp3) is 0.107. The van der Waals surface area contributed by atoms with E-state index in [0.717, 1.165) is 61.7 Å². The van der Waals surface area contributed by atoms with Crippen LogP contribution in [-0.4, -0.2) is 39.8 Å². The normalized spacial score (nSPS) is 12.0. The Labute approximate surface area is 218 Å². The maximum atomic E-state index is 14.5. The first-order valence-electron chi connectivity index (χ1n) is 11.9. The summed E-state index contributed by atoms with van der Waals surface area (Å²) in [4.78, 5) is 12.0. The smallest absolute Gasteiger partial charge is 0.209 e. The lowest BCUT2D eigenvalue weighted by Gasteiger charge is -2.08. The number of hydrogen-bond donors (Lipinski definition) is 3. The van der Waals surface area contributed by atoms with Crippen molar-refractivity contribution in [3.63, 3.8) is 0 Å². The average molecular weight is 527 g/mol. The van der Waals surface area contributed by atoms with Gasteiger partial charge in [-0.1, -0.05) is 6.07 Å². The zero-order valence-corrected chi connectivity index (χ0v) is 21.4. The molecule has 4 heterocycles. The van der Waals surface area contributed by atoms with Crippen LogP contribution in [-0.2, 0) is 16.6 Å². The third-order valence-electron chi connectivity index (χ3n) is 6.52. The molecule has 0 saturated carbocycles. The molecule has 0 aliphatic heterocycles. The van der Waals surface area contributed by atoms with Gasteiger partial charge in [0.2, 0.25) is 10.0 Å². The van der Waals surface area contributed by atoms with E-state index < -0.39 is 15.8 Å². The number of sulfonamides is 1. The first-order valence-corrected chi connectivity index (χ1v) is 13.7. The minimum Gasteiger partial charge on any atom is -0.352 e. The van der Waals surface area contributed by atoms with E-state index in [9.17, 15) is 12.8 Å². The number of nitrogens with zero attached hydrogens (tertiary/aromatic N) is 3. The minimum atomic E-state index is -3.41. The second kappa shape index (κ2) is 9.16. The predicted octanol–water partition coefficient (Wildman–Crippen LogP) is 5.33. The number of hydrogen-bond acceptors (Lipinski definition) is 5. The van der Waals surface area contributed by atoms with Crippen LogP contribution in [0.5, 0.6) is 0 Å². The van der Waals surface area contributed by atoms with Crippen LogP contribution in [0.2, 0.25) is 0 Å². The standard InChI is InChI=1S/C28H23FN6O2S/c1-16-5-6-30-13-23(16)18-3-4-25-22(10-18)28(35-34-25)26-11-21-24(14-31-15-27(21)33-26)19-7-17(8-20(29)9-19)12-32-38(2,36)37/h3-11,13-15,32-33H,12H2,1-2H3,(H,34,35). The van der Waals surface area contributed by atoms with Gasteiger partial charge in [-0.2, -0.15) is 5.10 Å². The molecule has 0 aliphatic carbocycles. The number of aromatic amines is 2. The van der Waals surface area contributed by atoms with Gasteiger partial charge in [0.1, 0.15) is 11.5 Å². The first-order chi connectivity index (χ1) is 18.2. The molecule has 0 saturated heterocycles. The number of fused-ring (bicyclic) bond motifs is 2. The van der Waals surface area contributed by atoms with E-state index in [1.165, 1.54) is 12.1 Å². The summed E-state index contributed by atoms with van der Waals surface area (Å²) >= 11 is 0. The molecular formula is C28H23FN6O2S. The molecule has 0 radical (unpaired) electrons. The number of pyridine rings is 2. The lowest BCUT2D eigenvalue weighted by atomic mass is 10.00. The summed E-state index contributed by atoms with van der Waals surface area (Å²) in [6.45, 7) is 2.04. The van der Waals surface area contributed by atoms with E-state index in [0.29, 0.717) is 11.1 Å². The summed E-state index contributed by atoms with van der Waals surface area (Å²) in [5, 5.41) is 9.48. The van der Waals surface area contributed by atoms with Crippen molar-refractivity contribution in [2.75, 3.05) is 6.26 Å². The highest BCUT2D eigenvalue weighted by Crippen LogP contribution is 2.35. The largest absolute Gasteiger partial charge is 0.352 e. The third-order valence-corrected chi connectivity index (χ3v) is 7.19. The van der Waals surface area contributed by atoms with Gasteiger partial charge in [0, 0.05) is 47.0 Å². The number of benzene rings is 2. The van der Waals surface area contributed by atoms with Gasteiger partial charge in [0.05, 0.1) is 29.2 Å². The number of aryl methyl sites for hydroxylation is 1. The molecule has 0 atom stereocenters. The van der Waals surface area contributed by atoms with Crippen molar-refractivity contribution in [1.82, 2.24) is 29.9 Å². The molecule has 6 aromatic rings. The second-order valence-corrected chi connectivity index (χ2v) is 11.1. The molecule has 0 unspecified atom stereocenters. The van der Waals surface area contributed by atoms with Crippen LogP contribution in [0.15, 0.2) is 73.3 Å². The molecule has 4 aromatic heterocycles. The van der Waals surface area contributed by atoms with E-state index in [1.807, 2.05) is 30.5 Å². The van der Waals surface area contributed by atoms with Crippen LogP contribution < -0.4 is 4.72 Å². The van der Waals surface area contributed by atoms with Crippen LogP contribution >= 0.6 is 0 Å². The average Bonchev–Trinajstić information content (AvgIpc) is 3.50. The Morgan fingerprint density at radius 1 is 0.895 bits per heavy atom. The number of aromatic nitrogens is 5. The summed E-state index contributed by atoms with van der Waals surface area (Å²) in [5.41, 5.74) is 8.26. The lowest BCUT2D eigenvalue weighted by Crippen LogP contribution is -2.21. The second-order valence-electron chi connectivity index (χ2n) is 9.30. The third kappa shape index (κ3) is 4.55. The zero-order chi connectivity index (χ0) is 26.4. The highest BCUT2D eigenvalue weighted by Gasteiger charge is 2.16. The maximum Gasteiger partial charge on any atom is 0.209 e. The molecule has 38 heavy (non-hydrogen) atoms. The summed E-state index contributed by atoms with van der Waals surface area (Å²) in [6.07, 6.45) is 8.09. The van der Waals surface area contributed by atoms with Crippen molar-refractivity contribution in [1.29, 1.82) is 0 Å². The molecule has 8 nitrogen and oxygen atoms in total. The molecule has 6 rings (SSSR count). The van der Waals surface area contributed by atoms with Crippen molar-refractivity contribution >= 4 is 31.8 Å². The predicted molar refractivity (Wildman–Crippen MR) is 146 cm³/mol. The molecule has 10 heteroatoms. The van der Waals surface area contributed by atoms with Gasteiger partial charge >= 0.3 is 0 Å². The summed E-state index contributed by atoms with van der Waals surface area (Å²) < 4.78 is 40.0. The van der Waals surface area contributed by atoms with Crippen LogP contribution in [0.1, 0.15) is 11.1 Å². The fourth-order valence-electron chi connectivity index (χ4n) is 4.68. The number of nitrogens with one attached hydrogen (secondary N) is 3. The van der Waals surface area contributed by atoms with Crippen LogP contribution in [0, 0.1) is 12.7 Å². The Balaban J connectivity index is 1.44. The van der Waals surface area contributed by atoms with E-state index in [2.05, 4.69) is 42.9 Å². The molecule has 2 aromatic carbocycles. The van der Waals surface area contributed by atoms with E-state index >= 15 is 0 Å². The van der Waals surface area contributed by atoms with E-state index in [-0.39, 0.29) is 6.54 Å². The number of H-pyrrole nitrogens is 2. The quantitative estimate of drug-likeness (QED) is 0.271. The SMILES string of the molecule is Cc1ccncc1-c1ccc2[nH]nc(-c3cc4c(-c5cc(F)cc(CNS(C)(=O)=O)c5)cncc4[nH]3)c2c1. The van der Waals surface area contributed by atoms with Gasteiger partial charge in [0.25, 0.3) is 0 Å². The van der Waals surface area contributed by atoms with Gasteiger partial charge in [-0.05, 0) is 71.6 Å². The fourth-order valence-corrected chi connectivity index (χ4v) is 5.11.